The van der Waals surface area contributed by atoms with E-state index in [0.717, 1.165) is 48.6 Å². The van der Waals surface area contributed by atoms with Crippen LogP contribution in [0.1, 0.15) is 41.9 Å². The van der Waals surface area contributed by atoms with Gasteiger partial charge in [0.1, 0.15) is 5.69 Å². The Balaban J connectivity index is 1.76. The maximum Gasteiger partial charge on any atom is 0.272 e. The molecule has 1 amide bonds. The Morgan fingerprint density at radius 2 is 2.14 bits per heavy atom. The van der Waals surface area contributed by atoms with E-state index >= 15 is 0 Å². The lowest BCUT2D eigenvalue weighted by atomic mass is 9.91. The first kappa shape index (κ1) is 13.8. The number of piperidine rings is 1. The predicted octanol–water partition coefficient (Wildman–Crippen LogP) is 2.18. The highest BCUT2D eigenvalue weighted by Crippen LogP contribution is 2.30. The number of carbonyl (C=O) groups excluding carboxylic acids is 1. The number of benzene rings is 1. The molecule has 22 heavy (non-hydrogen) atoms. The van der Waals surface area contributed by atoms with E-state index in [-0.39, 0.29) is 5.91 Å². The predicted molar refractivity (Wildman–Crippen MR) is 85.8 cm³/mol. The molecule has 1 N–H and O–H groups in total. The summed E-state index contributed by atoms with van der Waals surface area (Å²) in [6.45, 7) is 4.86. The SMILES string of the molecule is CC1CCC(c2ccc3nn4c(c3c2)C(=O)N(C)CC4)NC1. The van der Waals surface area contributed by atoms with Gasteiger partial charge in [0.05, 0.1) is 12.1 Å². The molecule has 2 aromatic rings. The van der Waals surface area contributed by atoms with Crippen molar-refractivity contribution in [1.82, 2.24) is 20.0 Å². The molecule has 0 aliphatic carbocycles. The third-order valence-electron chi connectivity index (χ3n) is 5.02. The summed E-state index contributed by atoms with van der Waals surface area (Å²) in [5.74, 6) is 0.829. The summed E-state index contributed by atoms with van der Waals surface area (Å²) < 4.78 is 1.87. The second kappa shape index (κ2) is 5.09. The van der Waals surface area contributed by atoms with Crippen molar-refractivity contribution in [3.8, 4) is 0 Å². The highest BCUT2D eigenvalue weighted by Gasteiger charge is 2.27. The fourth-order valence-electron chi connectivity index (χ4n) is 3.56. The molecule has 2 atom stereocenters. The van der Waals surface area contributed by atoms with E-state index in [1.807, 2.05) is 11.7 Å². The molecule has 1 fully saturated rings. The highest BCUT2D eigenvalue weighted by atomic mass is 16.2. The molecule has 2 unspecified atom stereocenters. The van der Waals surface area contributed by atoms with E-state index in [1.165, 1.54) is 12.0 Å². The third kappa shape index (κ3) is 2.11. The van der Waals surface area contributed by atoms with Crippen LogP contribution in [0.4, 0.5) is 0 Å². The van der Waals surface area contributed by atoms with Crippen LogP contribution in [0.2, 0.25) is 0 Å². The largest absolute Gasteiger partial charge is 0.339 e. The molecule has 116 valence electrons. The summed E-state index contributed by atoms with van der Waals surface area (Å²) in [5.41, 5.74) is 2.94. The van der Waals surface area contributed by atoms with Gasteiger partial charge < -0.3 is 10.2 Å². The normalized spacial score (nSPS) is 25.5. The van der Waals surface area contributed by atoms with Crippen molar-refractivity contribution >= 4 is 16.8 Å². The third-order valence-corrected chi connectivity index (χ3v) is 5.02. The van der Waals surface area contributed by atoms with Crippen molar-refractivity contribution in [3.63, 3.8) is 0 Å². The van der Waals surface area contributed by atoms with Gasteiger partial charge in [0.2, 0.25) is 0 Å². The van der Waals surface area contributed by atoms with E-state index in [1.54, 1.807) is 4.90 Å². The number of aromatic nitrogens is 2. The Bertz CT molecular complexity index is 728. The first-order valence-electron chi connectivity index (χ1n) is 8.13. The Morgan fingerprint density at radius 1 is 1.27 bits per heavy atom. The van der Waals surface area contributed by atoms with Crippen LogP contribution < -0.4 is 5.32 Å². The van der Waals surface area contributed by atoms with Crippen molar-refractivity contribution < 1.29 is 4.79 Å². The van der Waals surface area contributed by atoms with Crippen LogP contribution in [0.15, 0.2) is 18.2 Å². The first-order chi connectivity index (χ1) is 10.6. The fraction of sp³-hybridized carbons (Fsp3) is 0.529. The molecule has 2 aliphatic heterocycles. The molecule has 0 spiro atoms. The number of rotatable bonds is 1. The van der Waals surface area contributed by atoms with Crippen LogP contribution in [0, 0.1) is 5.92 Å². The average Bonchev–Trinajstić information content (AvgIpc) is 2.90. The second-order valence-corrected chi connectivity index (χ2v) is 6.72. The van der Waals surface area contributed by atoms with Crippen LogP contribution in [-0.4, -0.2) is 40.7 Å². The van der Waals surface area contributed by atoms with Gasteiger partial charge >= 0.3 is 0 Å². The van der Waals surface area contributed by atoms with E-state index in [9.17, 15) is 4.79 Å². The van der Waals surface area contributed by atoms with Gasteiger partial charge in [0.15, 0.2) is 0 Å². The molecule has 0 saturated carbocycles. The van der Waals surface area contributed by atoms with Gasteiger partial charge in [-0.2, -0.15) is 5.10 Å². The average molecular weight is 298 g/mol. The molecule has 1 saturated heterocycles. The van der Waals surface area contributed by atoms with E-state index in [2.05, 4.69) is 35.5 Å². The summed E-state index contributed by atoms with van der Waals surface area (Å²) in [7, 11) is 1.86. The molecule has 4 rings (SSSR count). The molecule has 0 bridgehead atoms. The van der Waals surface area contributed by atoms with Gasteiger partial charge in [-0.25, -0.2) is 0 Å². The Kier molecular flexibility index (Phi) is 3.18. The zero-order chi connectivity index (χ0) is 15.3. The number of hydrogen-bond acceptors (Lipinski definition) is 3. The minimum Gasteiger partial charge on any atom is -0.339 e. The standard InChI is InChI=1S/C17H22N4O/c1-11-3-5-14(18-10-11)12-4-6-15-13(9-12)16-17(22)20(2)7-8-21(16)19-15/h4,6,9,11,14,18H,3,5,7-8,10H2,1-2H3. The summed E-state index contributed by atoms with van der Waals surface area (Å²) >= 11 is 0. The fourth-order valence-corrected chi connectivity index (χ4v) is 3.56. The topological polar surface area (TPSA) is 50.2 Å². The molecule has 5 nitrogen and oxygen atoms in total. The monoisotopic (exact) mass is 298 g/mol. The minimum atomic E-state index is 0.0797. The van der Waals surface area contributed by atoms with Gasteiger partial charge in [-0.1, -0.05) is 13.0 Å². The quantitative estimate of drug-likeness (QED) is 0.878. The van der Waals surface area contributed by atoms with Crippen molar-refractivity contribution in [2.45, 2.75) is 32.4 Å². The van der Waals surface area contributed by atoms with Crippen molar-refractivity contribution in [3.05, 3.63) is 29.5 Å². The first-order valence-corrected chi connectivity index (χ1v) is 8.13. The number of fused-ring (bicyclic) bond motifs is 3. The lowest BCUT2D eigenvalue weighted by Gasteiger charge is -2.28. The molecule has 1 aromatic carbocycles. The molecule has 2 aliphatic rings. The summed E-state index contributed by atoms with van der Waals surface area (Å²) in [5, 5.41) is 9.20. The number of nitrogens with zero attached hydrogens (tertiary/aromatic N) is 3. The van der Waals surface area contributed by atoms with Crippen LogP contribution in [0.5, 0.6) is 0 Å². The van der Waals surface area contributed by atoms with E-state index < -0.39 is 0 Å². The molecule has 5 heteroatoms. The van der Waals surface area contributed by atoms with Crippen molar-refractivity contribution in [2.75, 3.05) is 20.1 Å². The lowest BCUT2D eigenvalue weighted by Crippen LogP contribution is -2.37. The molecule has 0 radical (unpaired) electrons. The lowest BCUT2D eigenvalue weighted by molar-refractivity contribution is 0.0745. The van der Waals surface area contributed by atoms with Crippen molar-refractivity contribution in [2.24, 2.45) is 5.92 Å². The van der Waals surface area contributed by atoms with Crippen LogP contribution in [-0.2, 0) is 6.54 Å². The van der Waals surface area contributed by atoms with Crippen LogP contribution in [0.3, 0.4) is 0 Å². The molecule has 1 aromatic heterocycles. The summed E-state index contributed by atoms with van der Waals surface area (Å²) in [6.07, 6.45) is 2.41. The van der Waals surface area contributed by atoms with Gasteiger partial charge in [-0.3, -0.25) is 9.48 Å². The number of amides is 1. The second-order valence-electron chi connectivity index (χ2n) is 6.72. The molecular weight excluding hydrogens is 276 g/mol. The number of likely N-dealkylation sites (N-methyl/N-ethyl adjacent to an activating group) is 1. The Labute approximate surface area is 130 Å². The van der Waals surface area contributed by atoms with Crippen LogP contribution >= 0.6 is 0 Å². The maximum absolute atomic E-state index is 12.5. The Hall–Kier alpha value is -1.88. The summed E-state index contributed by atoms with van der Waals surface area (Å²) in [6, 6.07) is 6.78. The van der Waals surface area contributed by atoms with Gasteiger partial charge in [0.25, 0.3) is 5.91 Å². The van der Waals surface area contributed by atoms with Crippen molar-refractivity contribution in [1.29, 1.82) is 0 Å². The smallest absolute Gasteiger partial charge is 0.272 e. The minimum absolute atomic E-state index is 0.0797. The van der Waals surface area contributed by atoms with Crippen LogP contribution in [0.25, 0.3) is 10.9 Å². The van der Waals surface area contributed by atoms with E-state index in [0.29, 0.717) is 6.04 Å². The number of carbonyl (C=O) groups is 1. The highest BCUT2D eigenvalue weighted by molar-refractivity contribution is 6.05. The maximum atomic E-state index is 12.5. The zero-order valence-electron chi connectivity index (χ0n) is 13.2. The molecule has 3 heterocycles. The number of nitrogens with one attached hydrogen (secondary N) is 1. The molecular formula is C17H22N4O. The van der Waals surface area contributed by atoms with E-state index in [4.69, 9.17) is 0 Å². The zero-order valence-corrected chi connectivity index (χ0v) is 13.2. The Morgan fingerprint density at radius 3 is 2.91 bits per heavy atom. The summed E-state index contributed by atoms with van der Waals surface area (Å²) in [4.78, 5) is 14.3. The van der Waals surface area contributed by atoms with Gasteiger partial charge in [-0.05, 0) is 43.0 Å². The van der Waals surface area contributed by atoms with Gasteiger partial charge in [0, 0.05) is 25.0 Å². The number of hydrogen-bond donors (Lipinski definition) is 1. The van der Waals surface area contributed by atoms with Gasteiger partial charge in [-0.15, -0.1) is 0 Å².